The highest BCUT2D eigenvalue weighted by molar-refractivity contribution is 4.88. The third kappa shape index (κ3) is 3.35. The molecular weight excluding hydrogens is 250 g/mol. The van der Waals surface area contributed by atoms with Crippen LogP contribution in [0.5, 0.6) is 0 Å². The average Bonchev–Trinajstić information content (AvgIpc) is 3.04. The van der Waals surface area contributed by atoms with E-state index in [-0.39, 0.29) is 0 Å². The van der Waals surface area contributed by atoms with Gasteiger partial charge in [-0.25, -0.2) is 0 Å². The van der Waals surface area contributed by atoms with Crippen molar-refractivity contribution in [1.82, 2.24) is 9.80 Å². The summed E-state index contributed by atoms with van der Waals surface area (Å²) in [7, 11) is 0. The van der Waals surface area contributed by atoms with Crippen molar-refractivity contribution in [3.63, 3.8) is 0 Å². The van der Waals surface area contributed by atoms with Gasteiger partial charge in [-0.2, -0.15) is 0 Å². The molecule has 0 radical (unpaired) electrons. The number of nitrogens with two attached hydrogens (primary N) is 1. The summed E-state index contributed by atoms with van der Waals surface area (Å²) in [5.74, 6) is 0.756. The number of nitrogens with zero attached hydrogens (tertiary/aromatic N) is 2. The molecule has 0 aromatic rings. The molecular formula is C16H31N3O. The van der Waals surface area contributed by atoms with Crippen molar-refractivity contribution < 1.29 is 4.74 Å². The van der Waals surface area contributed by atoms with Crippen LogP contribution in [0.4, 0.5) is 0 Å². The number of ether oxygens (including phenoxy) is 1. The molecule has 2 saturated heterocycles. The molecule has 1 atom stereocenters. The molecule has 0 aromatic heterocycles. The molecule has 0 spiro atoms. The van der Waals surface area contributed by atoms with Gasteiger partial charge in [0.15, 0.2) is 0 Å². The first-order chi connectivity index (χ1) is 9.88. The van der Waals surface area contributed by atoms with Gasteiger partial charge < -0.3 is 10.5 Å². The van der Waals surface area contributed by atoms with Crippen molar-refractivity contribution in [1.29, 1.82) is 0 Å². The Morgan fingerprint density at radius 3 is 2.20 bits per heavy atom. The van der Waals surface area contributed by atoms with Crippen molar-refractivity contribution in [2.45, 2.75) is 50.6 Å². The molecule has 2 aliphatic heterocycles. The molecule has 1 saturated carbocycles. The minimum atomic E-state index is 0.588. The zero-order chi connectivity index (χ0) is 13.8. The van der Waals surface area contributed by atoms with E-state index in [1.54, 1.807) is 0 Å². The van der Waals surface area contributed by atoms with Gasteiger partial charge in [-0.3, -0.25) is 9.80 Å². The van der Waals surface area contributed by atoms with Crippen LogP contribution in [0.15, 0.2) is 0 Å². The Bertz CT molecular complexity index is 279. The number of piperazine rings is 1. The zero-order valence-electron chi connectivity index (χ0n) is 12.8. The molecule has 0 amide bonds. The van der Waals surface area contributed by atoms with E-state index < -0.39 is 0 Å². The highest BCUT2D eigenvalue weighted by Crippen LogP contribution is 2.27. The fraction of sp³-hybridized carbons (Fsp3) is 1.00. The van der Waals surface area contributed by atoms with Crippen LogP contribution in [0.1, 0.15) is 38.5 Å². The van der Waals surface area contributed by atoms with E-state index in [2.05, 4.69) is 9.80 Å². The second-order valence-electron chi connectivity index (χ2n) is 6.76. The van der Waals surface area contributed by atoms with Crippen LogP contribution in [-0.2, 0) is 4.74 Å². The summed E-state index contributed by atoms with van der Waals surface area (Å²) in [5, 5.41) is 0. The standard InChI is InChI=1S/C16H31N3O/c17-13-16(14-5-11-20-12-6-14)19-9-7-18(8-10-19)15-3-1-2-4-15/h14-16H,1-13,17H2. The van der Waals surface area contributed by atoms with Crippen LogP contribution in [0, 0.1) is 5.92 Å². The summed E-state index contributed by atoms with van der Waals surface area (Å²) in [6.45, 7) is 7.63. The van der Waals surface area contributed by atoms with Gasteiger partial charge in [-0.05, 0) is 31.6 Å². The van der Waals surface area contributed by atoms with Crippen molar-refractivity contribution in [2.24, 2.45) is 11.7 Å². The van der Waals surface area contributed by atoms with Crippen molar-refractivity contribution in [2.75, 3.05) is 45.9 Å². The summed E-state index contributed by atoms with van der Waals surface area (Å²) >= 11 is 0. The van der Waals surface area contributed by atoms with Crippen LogP contribution in [-0.4, -0.2) is 67.8 Å². The number of rotatable bonds is 4. The minimum absolute atomic E-state index is 0.588. The van der Waals surface area contributed by atoms with Gasteiger partial charge in [0.05, 0.1) is 0 Å². The maximum absolute atomic E-state index is 6.10. The van der Waals surface area contributed by atoms with E-state index >= 15 is 0 Å². The highest BCUT2D eigenvalue weighted by Gasteiger charge is 2.32. The van der Waals surface area contributed by atoms with E-state index in [1.807, 2.05) is 0 Å². The molecule has 1 aliphatic carbocycles. The van der Waals surface area contributed by atoms with Crippen LogP contribution in [0.2, 0.25) is 0 Å². The van der Waals surface area contributed by atoms with E-state index in [4.69, 9.17) is 10.5 Å². The summed E-state index contributed by atoms with van der Waals surface area (Å²) < 4.78 is 5.50. The number of hydrogen-bond donors (Lipinski definition) is 1. The monoisotopic (exact) mass is 281 g/mol. The van der Waals surface area contributed by atoms with Crippen LogP contribution in [0.25, 0.3) is 0 Å². The molecule has 3 aliphatic rings. The number of hydrogen-bond acceptors (Lipinski definition) is 4. The van der Waals surface area contributed by atoms with Gasteiger partial charge in [0.1, 0.15) is 0 Å². The molecule has 0 bridgehead atoms. The Kier molecular flexibility index (Phi) is 5.32. The van der Waals surface area contributed by atoms with Crippen LogP contribution < -0.4 is 5.73 Å². The lowest BCUT2D eigenvalue weighted by atomic mass is 9.90. The van der Waals surface area contributed by atoms with Crippen molar-refractivity contribution >= 4 is 0 Å². The molecule has 1 unspecified atom stereocenters. The fourth-order valence-electron chi connectivity index (χ4n) is 4.44. The lowest BCUT2D eigenvalue weighted by molar-refractivity contribution is 0.00628. The lowest BCUT2D eigenvalue weighted by Crippen LogP contribution is -2.56. The Morgan fingerprint density at radius 1 is 0.950 bits per heavy atom. The maximum atomic E-state index is 6.10. The first-order valence-electron chi connectivity index (χ1n) is 8.64. The third-order valence-electron chi connectivity index (χ3n) is 5.71. The van der Waals surface area contributed by atoms with Crippen LogP contribution >= 0.6 is 0 Å². The quantitative estimate of drug-likeness (QED) is 0.843. The first kappa shape index (κ1) is 14.8. The van der Waals surface area contributed by atoms with Gasteiger partial charge >= 0.3 is 0 Å². The SMILES string of the molecule is NCC(C1CCOCC1)N1CCN(C2CCCC2)CC1. The molecule has 4 heteroatoms. The van der Waals surface area contributed by atoms with Crippen molar-refractivity contribution in [3.05, 3.63) is 0 Å². The van der Waals surface area contributed by atoms with E-state index in [9.17, 15) is 0 Å². The first-order valence-corrected chi connectivity index (χ1v) is 8.64. The van der Waals surface area contributed by atoms with Gasteiger partial charge in [-0.15, -0.1) is 0 Å². The average molecular weight is 281 g/mol. The Hall–Kier alpha value is -0.160. The van der Waals surface area contributed by atoms with Gasteiger partial charge in [-0.1, -0.05) is 12.8 Å². The largest absolute Gasteiger partial charge is 0.381 e. The lowest BCUT2D eigenvalue weighted by Gasteiger charge is -2.44. The second kappa shape index (κ2) is 7.21. The molecule has 3 fully saturated rings. The summed E-state index contributed by atoms with van der Waals surface area (Å²) in [6.07, 6.45) is 8.15. The predicted molar refractivity (Wildman–Crippen MR) is 81.8 cm³/mol. The topological polar surface area (TPSA) is 41.7 Å². The van der Waals surface area contributed by atoms with E-state index in [0.29, 0.717) is 6.04 Å². The van der Waals surface area contributed by atoms with E-state index in [0.717, 1.165) is 31.7 Å². The van der Waals surface area contributed by atoms with Gasteiger partial charge in [0.25, 0.3) is 0 Å². The smallest absolute Gasteiger partial charge is 0.0469 e. The summed E-state index contributed by atoms with van der Waals surface area (Å²) in [6, 6.07) is 1.47. The molecule has 2 N–H and O–H groups in total. The summed E-state index contributed by atoms with van der Waals surface area (Å²) in [4.78, 5) is 5.41. The molecule has 3 rings (SSSR count). The summed E-state index contributed by atoms with van der Waals surface area (Å²) in [5.41, 5.74) is 6.10. The minimum Gasteiger partial charge on any atom is -0.381 e. The molecule has 20 heavy (non-hydrogen) atoms. The highest BCUT2D eigenvalue weighted by atomic mass is 16.5. The molecule has 4 nitrogen and oxygen atoms in total. The second-order valence-corrected chi connectivity index (χ2v) is 6.76. The Balaban J connectivity index is 1.50. The molecule has 2 heterocycles. The fourth-order valence-corrected chi connectivity index (χ4v) is 4.44. The Morgan fingerprint density at radius 2 is 1.60 bits per heavy atom. The van der Waals surface area contributed by atoms with Gasteiger partial charge in [0.2, 0.25) is 0 Å². The van der Waals surface area contributed by atoms with Gasteiger partial charge in [0, 0.05) is 58.0 Å². The normalized spacial score (nSPS) is 29.9. The van der Waals surface area contributed by atoms with Crippen molar-refractivity contribution in [3.8, 4) is 0 Å². The predicted octanol–water partition coefficient (Wildman–Crippen LogP) is 1.30. The molecule has 0 aromatic carbocycles. The maximum Gasteiger partial charge on any atom is 0.0469 e. The van der Waals surface area contributed by atoms with Crippen LogP contribution in [0.3, 0.4) is 0 Å². The zero-order valence-corrected chi connectivity index (χ0v) is 12.8. The van der Waals surface area contributed by atoms with E-state index in [1.165, 1.54) is 64.7 Å². The third-order valence-corrected chi connectivity index (χ3v) is 5.71. The molecule has 116 valence electrons. The Labute approximate surface area is 123 Å².